The van der Waals surface area contributed by atoms with Gasteiger partial charge in [0.15, 0.2) is 5.60 Å². The second-order valence-electron chi connectivity index (χ2n) is 4.30. The van der Waals surface area contributed by atoms with Crippen LogP contribution in [0.15, 0.2) is 23.1 Å². The third-order valence-corrected chi connectivity index (χ3v) is 3.86. The van der Waals surface area contributed by atoms with Gasteiger partial charge < -0.3 is 15.6 Å². The van der Waals surface area contributed by atoms with Crippen LogP contribution in [0.25, 0.3) is 0 Å². The molecule has 0 fully saturated rings. The summed E-state index contributed by atoms with van der Waals surface area (Å²) in [6.45, 7) is 1.26. The molecule has 20 heavy (non-hydrogen) atoms. The number of hydrogen-bond acceptors (Lipinski definition) is 5. The molecular weight excluding hydrogens is 295 g/mol. The minimum absolute atomic E-state index is 0.0644. The quantitative estimate of drug-likeness (QED) is 0.507. The molecule has 1 rings (SSSR count). The van der Waals surface area contributed by atoms with Gasteiger partial charge in [0, 0.05) is 16.3 Å². The molecule has 0 aliphatic rings. The zero-order valence-corrected chi connectivity index (χ0v) is 11.6. The maximum absolute atomic E-state index is 12.5. The Hall–Kier alpha value is -1.41. The third-order valence-electron chi connectivity index (χ3n) is 2.47. The number of ether oxygens (including phenoxy) is 1. The van der Waals surface area contributed by atoms with Gasteiger partial charge in [0.25, 0.3) is 0 Å². The van der Waals surface area contributed by atoms with Gasteiger partial charge in [0.1, 0.15) is 0 Å². The highest BCUT2D eigenvalue weighted by atomic mass is 32.2. The lowest BCUT2D eigenvalue weighted by Gasteiger charge is -2.20. The van der Waals surface area contributed by atoms with Crippen molar-refractivity contribution in [2.45, 2.75) is 23.6 Å². The number of halogens is 3. The van der Waals surface area contributed by atoms with E-state index in [9.17, 15) is 23.1 Å². The summed E-state index contributed by atoms with van der Waals surface area (Å²) < 4.78 is 41.8. The van der Waals surface area contributed by atoms with Crippen molar-refractivity contribution < 1.29 is 27.8 Å². The van der Waals surface area contributed by atoms with Crippen molar-refractivity contribution in [1.82, 2.24) is 0 Å². The van der Waals surface area contributed by atoms with E-state index in [2.05, 4.69) is 4.74 Å². The number of nitrogen functional groups attached to an aromatic ring is 1. The van der Waals surface area contributed by atoms with Gasteiger partial charge in [0.05, 0.1) is 12.7 Å². The Bertz CT molecular complexity index is 503. The molecule has 1 atom stereocenters. The smallest absolute Gasteiger partial charge is 0.416 e. The number of aliphatic hydroxyl groups is 1. The molecule has 0 saturated heterocycles. The van der Waals surface area contributed by atoms with Crippen molar-refractivity contribution >= 4 is 23.4 Å². The van der Waals surface area contributed by atoms with Crippen LogP contribution in [-0.2, 0) is 15.7 Å². The van der Waals surface area contributed by atoms with Crippen LogP contribution in [0.4, 0.5) is 18.9 Å². The first kappa shape index (κ1) is 16.6. The summed E-state index contributed by atoms with van der Waals surface area (Å²) >= 11 is 0.974. The van der Waals surface area contributed by atoms with E-state index in [4.69, 9.17) is 5.73 Å². The van der Waals surface area contributed by atoms with Gasteiger partial charge in [0.2, 0.25) is 0 Å². The SMILES string of the molecule is COC(=O)C(C)(O)CSc1ccc(C(F)(F)F)cc1N. The lowest BCUT2D eigenvalue weighted by Crippen LogP contribution is -2.38. The Morgan fingerprint density at radius 3 is 2.50 bits per heavy atom. The Morgan fingerprint density at radius 2 is 2.05 bits per heavy atom. The molecule has 1 aromatic rings. The van der Waals surface area contributed by atoms with E-state index < -0.39 is 23.3 Å². The second kappa shape index (κ2) is 5.92. The first-order valence-electron chi connectivity index (χ1n) is 5.48. The molecule has 0 bridgehead atoms. The molecule has 4 nitrogen and oxygen atoms in total. The lowest BCUT2D eigenvalue weighted by atomic mass is 10.1. The number of esters is 1. The van der Waals surface area contributed by atoms with E-state index in [0.717, 1.165) is 31.0 Å². The van der Waals surface area contributed by atoms with Crippen LogP contribution in [-0.4, -0.2) is 29.5 Å². The van der Waals surface area contributed by atoms with Crippen LogP contribution in [0.1, 0.15) is 12.5 Å². The topological polar surface area (TPSA) is 72.5 Å². The fourth-order valence-electron chi connectivity index (χ4n) is 1.35. The van der Waals surface area contributed by atoms with Crippen molar-refractivity contribution in [3.05, 3.63) is 23.8 Å². The number of carbonyl (C=O) groups is 1. The first-order chi connectivity index (χ1) is 9.08. The highest BCUT2D eigenvalue weighted by molar-refractivity contribution is 7.99. The monoisotopic (exact) mass is 309 g/mol. The van der Waals surface area contributed by atoms with Gasteiger partial charge in [-0.05, 0) is 25.1 Å². The predicted octanol–water partition coefficient (Wildman–Crippen LogP) is 2.30. The number of anilines is 1. The summed E-state index contributed by atoms with van der Waals surface area (Å²) in [7, 11) is 1.13. The summed E-state index contributed by atoms with van der Waals surface area (Å²) in [5.74, 6) is -0.912. The Labute approximate surface area is 118 Å². The number of carbonyl (C=O) groups excluding carboxylic acids is 1. The van der Waals surface area contributed by atoms with Crippen LogP contribution in [0.3, 0.4) is 0 Å². The van der Waals surface area contributed by atoms with Crippen molar-refractivity contribution in [2.75, 3.05) is 18.6 Å². The molecule has 0 saturated carbocycles. The van der Waals surface area contributed by atoms with E-state index >= 15 is 0 Å². The number of hydrogen-bond donors (Lipinski definition) is 2. The molecule has 112 valence electrons. The lowest BCUT2D eigenvalue weighted by molar-refractivity contribution is -0.158. The number of alkyl halides is 3. The van der Waals surface area contributed by atoms with Gasteiger partial charge >= 0.3 is 12.1 Å². The van der Waals surface area contributed by atoms with Crippen molar-refractivity contribution in [3.8, 4) is 0 Å². The van der Waals surface area contributed by atoms with E-state index in [-0.39, 0.29) is 11.4 Å². The fraction of sp³-hybridized carbons (Fsp3) is 0.417. The second-order valence-corrected chi connectivity index (χ2v) is 5.32. The molecule has 0 aromatic heterocycles. The summed E-state index contributed by atoms with van der Waals surface area (Å²) in [5, 5.41) is 9.80. The minimum atomic E-state index is -4.46. The van der Waals surface area contributed by atoms with E-state index in [1.807, 2.05) is 0 Å². The predicted molar refractivity (Wildman–Crippen MR) is 69.2 cm³/mol. The van der Waals surface area contributed by atoms with Gasteiger partial charge in [-0.1, -0.05) is 0 Å². The van der Waals surface area contributed by atoms with E-state index in [1.54, 1.807) is 0 Å². The highest BCUT2D eigenvalue weighted by Crippen LogP contribution is 2.35. The number of rotatable bonds is 4. The molecular formula is C12H14F3NO3S. The largest absolute Gasteiger partial charge is 0.467 e. The van der Waals surface area contributed by atoms with Crippen LogP contribution >= 0.6 is 11.8 Å². The normalized spacial score (nSPS) is 14.7. The molecule has 3 N–H and O–H groups in total. The Kier molecular flexibility index (Phi) is 4.93. The first-order valence-corrected chi connectivity index (χ1v) is 6.47. The summed E-state index contributed by atoms with van der Waals surface area (Å²) in [5.41, 5.74) is 2.88. The van der Waals surface area contributed by atoms with Crippen molar-refractivity contribution in [3.63, 3.8) is 0 Å². The minimum Gasteiger partial charge on any atom is -0.467 e. The molecule has 0 amide bonds. The maximum atomic E-state index is 12.5. The number of thioether (sulfide) groups is 1. The van der Waals surface area contributed by atoms with Gasteiger partial charge in [-0.25, -0.2) is 4.79 Å². The highest BCUT2D eigenvalue weighted by Gasteiger charge is 2.33. The van der Waals surface area contributed by atoms with Gasteiger partial charge in [-0.3, -0.25) is 0 Å². The van der Waals surface area contributed by atoms with Crippen LogP contribution in [0.5, 0.6) is 0 Å². The molecule has 0 radical (unpaired) electrons. The standard InChI is InChI=1S/C12H14F3NO3S/c1-11(18,10(17)19-2)6-20-9-4-3-7(5-8(9)16)12(13,14)15/h3-5,18H,6,16H2,1-2H3. The zero-order valence-electron chi connectivity index (χ0n) is 10.8. The fourth-order valence-corrected chi connectivity index (χ4v) is 2.30. The zero-order chi connectivity index (χ0) is 15.6. The summed E-state index contributed by atoms with van der Waals surface area (Å²) in [4.78, 5) is 11.6. The molecule has 1 aromatic carbocycles. The number of nitrogens with two attached hydrogens (primary N) is 1. The molecule has 8 heteroatoms. The van der Waals surface area contributed by atoms with Gasteiger partial charge in [-0.2, -0.15) is 13.2 Å². The van der Waals surface area contributed by atoms with E-state index in [1.165, 1.54) is 13.0 Å². The third kappa shape index (κ3) is 4.04. The summed E-state index contributed by atoms with van der Waals surface area (Å²) in [6.07, 6.45) is -4.46. The molecule has 0 spiro atoms. The Morgan fingerprint density at radius 1 is 1.45 bits per heavy atom. The summed E-state index contributed by atoms with van der Waals surface area (Å²) in [6, 6.07) is 2.91. The molecule has 1 unspecified atom stereocenters. The van der Waals surface area contributed by atoms with Crippen LogP contribution < -0.4 is 5.73 Å². The molecule has 0 aliphatic carbocycles. The van der Waals surface area contributed by atoms with Crippen molar-refractivity contribution in [1.29, 1.82) is 0 Å². The average molecular weight is 309 g/mol. The number of benzene rings is 1. The Balaban J connectivity index is 2.83. The molecule has 0 heterocycles. The maximum Gasteiger partial charge on any atom is 0.416 e. The van der Waals surface area contributed by atoms with Gasteiger partial charge in [-0.15, -0.1) is 11.8 Å². The van der Waals surface area contributed by atoms with Crippen LogP contribution in [0.2, 0.25) is 0 Å². The van der Waals surface area contributed by atoms with E-state index in [0.29, 0.717) is 4.90 Å². The van der Waals surface area contributed by atoms with Crippen molar-refractivity contribution in [2.24, 2.45) is 0 Å². The molecule has 0 aliphatic heterocycles. The number of methoxy groups -OCH3 is 1. The average Bonchev–Trinajstić information content (AvgIpc) is 2.35. The van der Waals surface area contributed by atoms with Crippen LogP contribution in [0, 0.1) is 0 Å².